The van der Waals surface area contributed by atoms with Crippen molar-refractivity contribution in [2.45, 2.75) is 13.1 Å². The standard InChI is InChI=1S/C20H17N5O2/c1-14-5-4-6-16(13-14)21-20(15-9-11-17(12-10-15)25(26)27)24-19-8-3-2-7-18(19)22-23-24/h2-13,20-21H,1H3. The molecule has 0 amide bonds. The molecule has 1 unspecified atom stereocenters. The third kappa shape index (κ3) is 3.35. The molecule has 1 aromatic heterocycles. The van der Waals surface area contributed by atoms with Crippen molar-refractivity contribution >= 4 is 22.4 Å². The fourth-order valence-corrected chi connectivity index (χ4v) is 3.03. The number of nitro benzene ring substituents is 1. The fraction of sp³-hybridized carbons (Fsp3) is 0.100. The van der Waals surface area contributed by atoms with Gasteiger partial charge in [-0.15, -0.1) is 5.10 Å². The lowest BCUT2D eigenvalue weighted by molar-refractivity contribution is -0.384. The Balaban J connectivity index is 1.80. The van der Waals surface area contributed by atoms with Crippen LogP contribution in [0.2, 0.25) is 0 Å². The number of nitrogens with zero attached hydrogens (tertiary/aromatic N) is 4. The molecule has 0 spiro atoms. The fourth-order valence-electron chi connectivity index (χ4n) is 3.03. The summed E-state index contributed by atoms with van der Waals surface area (Å²) in [6, 6.07) is 22.2. The first-order valence-electron chi connectivity index (χ1n) is 8.49. The number of anilines is 1. The Kier molecular flexibility index (Phi) is 4.25. The van der Waals surface area contributed by atoms with Gasteiger partial charge in [0.05, 0.1) is 10.4 Å². The Labute approximate surface area is 155 Å². The van der Waals surface area contributed by atoms with E-state index in [9.17, 15) is 10.1 Å². The van der Waals surface area contributed by atoms with Gasteiger partial charge in [0.1, 0.15) is 11.7 Å². The van der Waals surface area contributed by atoms with E-state index in [0.717, 1.165) is 27.8 Å². The molecule has 27 heavy (non-hydrogen) atoms. The van der Waals surface area contributed by atoms with E-state index >= 15 is 0 Å². The molecule has 134 valence electrons. The van der Waals surface area contributed by atoms with Gasteiger partial charge < -0.3 is 5.32 Å². The van der Waals surface area contributed by atoms with E-state index < -0.39 is 4.92 Å². The van der Waals surface area contributed by atoms with Crippen LogP contribution in [0.15, 0.2) is 72.8 Å². The Morgan fingerprint density at radius 3 is 2.56 bits per heavy atom. The number of aryl methyl sites for hydroxylation is 1. The van der Waals surface area contributed by atoms with E-state index in [2.05, 4.69) is 15.6 Å². The molecule has 0 fully saturated rings. The number of hydrogen-bond donors (Lipinski definition) is 1. The average molecular weight is 359 g/mol. The van der Waals surface area contributed by atoms with Crippen molar-refractivity contribution in [2.75, 3.05) is 5.32 Å². The summed E-state index contributed by atoms with van der Waals surface area (Å²) in [6.07, 6.45) is -0.361. The molecule has 3 aromatic carbocycles. The van der Waals surface area contributed by atoms with Crippen LogP contribution < -0.4 is 5.32 Å². The summed E-state index contributed by atoms with van der Waals surface area (Å²) in [6.45, 7) is 2.02. The Morgan fingerprint density at radius 2 is 1.81 bits per heavy atom. The smallest absolute Gasteiger partial charge is 0.269 e. The molecule has 1 atom stereocenters. The molecular formula is C20H17N5O2. The van der Waals surface area contributed by atoms with Gasteiger partial charge in [-0.1, -0.05) is 29.5 Å². The highest BCUT2D eigenvalue weighted by atomic mass is 16.6. The number of non-ortho nitro benzene ring substituents is 1. The van der Waals surface area contributed by atoms with Crippen LogP contribution in [0.5, 0.6) is 0 Å². The van der Waals surface area contributed by atoms with Gasteiger partial charge in [-0.05, 0) is 54.4 Å². The molecule has 7 heteroatoms. The van der Waals surface area contributed by atoms with Crippen molar-refractivity contribution in [1.82, 2.24) is 15.0 Å². The number of nitrogens with one attached hydrogen (secondary N) is 1. The first-order chi connectivity index (χ1) is 13.1. The highest BCUT2D eigenvalue weighted by molar-refractivity contribution is 5.74. The Morgan fingerprint density at radius 1 is 1.04 bits per heavy atom. The van der Waals surface area contributed by atoms with Crippen LogP contribution >= 0.6 is 0 Å². The molecule has 0 aliphatic carbocycles. The van der Waals surface area contributed by atoms with Crippen molar-refractivity contribution in [3.63, 3.8) is 0 Å². The molecule has 1 N–H and O–H groups in total. The minimum absolute atomic E-state index is 0.0523. The third-order valence-electron chi connectivity index (χ3n) is 4.36. The van der Waals surface area contributed by atoms with Crippen molar-refractivity contribution in [3.8, 4) is 0 Å². The van der Waals surface area contributed by atoms with Gasteiger partial charge in [-0.3, -0.25) is 10.1 Å². The number of rotatable bonds is 5. The van der Waals surface area contributed by atoms with Crippen molar-refractivity contribution in [3.05, 3.63) is 94.0 Å². The highest BCUT2D eigenvalue weighted by Crippen LogP contribution is 2.26. The predicted octanol–water partition coefficient (Wildman–Crippen LogP) is 4.31. The summed E-state index contributed by atoms with van der Waals surface area (Å²) in [7, 11) is 0. The number of aromatic nitrogens is 3. The molecule has 0 bridgehead atoms. The lowest BCUT2D eigenvalue weighted by Gasteiger charge is -2.21. The minimum atomic E-state index is -0.405. The monoisotopic (exact) mass is 359 g/mol. The summed E-state index contributed by atoms with van der Waals surface area (Å²) in [5, 5.41) is 23.0. The summed E-state index contributed by atoms with van der Waals surface area (Å²) >= 11 is 0. The van der Waals surface area contributed by atoms with Gasteiger partial charge in [0.15, 0.2) is 0 Å². The van der Waals surface area contributed by atoms with Gasteiger partial charge in [-0.25, -0.2) is 4.68 Å². The first-order valence-corrected chi connectivity index (χ1v) is 8.49. The predicted molar refractivity (Wildman–Crippen MR) is 104 cm³/mol. The number of fused-ring (bicyclic) bond motifs is 1. The second kappa shape index (κ2) is 6.87. The second-order valence-electron chi connectivity index (χ2n) is 6.29. The lowest BCUT2D eigenvalue weighted by Crippen LogP contribution is -2.21. The molecule has 4 aromatic rings. The number of benzene rings is 3. The zero-order valence-electron chi connectivity index (χ0n) is 14.6. The summed E-state index contributed by atoms with van der Waals surface area (Å²) in [4.78, 5) is 10.6. The van der Waals surface area contributed by atoms with Gasteiger partial charge in [0.2, 0.25) is 0 Å². The van der Waals surface area contributed by atoms with Crippen LogP contribution in [-0.4, -0.2) is 19.9 Å². The van der Waals surface area contributed by atoms with E-state index in [4.69, 9.17) is 0 Å². The molecule has 0 saturated heterocycles. The normalized spacial score (nSPS) is 12.0. The van der Waals surface area contributed by atoms with Crippen LogP contribution in [0.4, 0.5) is 11.4 Å². The largest absolute Gasteiger partial charge is 0.360 e. The highest BCUT2D eigenvalue weighted by Gasteiger charge is 2.19. The molecule has 0 saturated carbocycles. The number of hydrogen-bond acceptors (Lipinski definition) is 5. The van der Waals surface area contributed by atoms with Crippen molar-refractivity contribution in [2.24, 2.45) is 0 Å². The van der Waals surface area contributed by atoms with E-state index in [1.807, 2.05) is 55.5 Å². The number of para-hydroxylation sites is 1. The third-order valence-corrected chi connectivity index (χ3v) is 4.36. The summed E-state index contributed by atoms with van der Waals surface area (Å²) < 4.78 is 1.79. The van der Waals surface area contributed by atoms with E-state index in [0.29, 0.717) is 0 Å². The van der Waals surface area contributed by atoms with Gasteiger partial charge in [-0.2, -0.15) is 0 Å². The van der Waals surface area contributed by atoms with E-state index in [1.54, 1.807) is 16.8 Å². The van der Waals surface area contributed by atoms with Crippen LogP contribution in [0.25, 0.3) is 11.0 Å². The van der Waals surface area contributed by atoms with Crippen molar-refractivity contribution in [1.29, 1.82) is 0 Å². The summed E-state index contributed by atoms with van der Waals surface area (Å²) in [5.74, 6) is 0. The maximum absolute atomic E-state index is 11.0. The molecule has 4 rings (SSSR count). The van der Waals surface area contributed by atoms with Crippen LogP contribution in [0.3, 0.4) is 0 Å². The van der Waals surface area contributed by atoms with E-state index in [1.165, 1.54) is 12.1 Å². The van der Waals surface area contributed by atoms with Gasteiger partial charge >= 0.3 is 0 Å². The van der Waals surface area contributed by atoms with E-state index in [-0.39, 0.29) is 11.9 Å². The van der Waals surface area contributed by atoms with Crippen LogP contribution in [0, 0.1) is 17.0 Å². The minimum Gasteiger partial charge on any atom is -0.360 e. The maximum atomic E-state index is 11.0. The Bertz CT molecular complexity index is 1100. The molecule has 0 aliphatic rings. The molecule has 1 heterocycles. The van der Waals surface area contributed by atoms with Crippen LogP contribution in [0.1, 0.15) is 17.3 Å². The average Bonchev–Trinajstić information content (AvgIpc) is 3.10. The van der Waals surface area contributed by atoms with Gasteiger partial charge in [0, 0.05) is 17.8 Å². The lowest BCUT2D eigenvalue weighted by atomic mass is 10.1. The quantitative estimate of drug-likeness (QED) is 0.424. The molecule has 7 nitrogen and oxygen atoms in total. The molecular weight excluding hydrogens is 342 g/mol. The summed E-state index contributed by atoms with van der Waals surface area (Å²) in [5.41, 5.74) is 4.62. The number of nitro groups is 1. The van der Waals surface area contributed by atoms with Crippen LogP contribution in [-0.2, 0) is 0 Å². The Hall–Kier alpha value is -3.74. The zero-order valence-corrected chi connectivity index (χ0v) is 14.6. The molecule has 0 radical (unpaired) electrons. The van der Waals surface area contributed by atoms with Crippen molar-refractivity contribution < 1.29 is 4.92 Å². The van der Waals surface area contributed by atoms with Gasteiger partial charge in [0.25, 0.3) is 5.69 Å². The SMILES string of the molecule is Cc1cccc(NC(c2ccc([N+](=O)[O-])cc2)n2nnc3ccccc32)c1. The first kappa shape index (κ1) is 16.7. The topological polar surface area (TPSA) is 85.9 Å². The zero-order chi connectivity index (χ0) is 18.8. The second-order valence-corrected chi connectivity index (χ2v) is 6.29. The maximum Gasteiger partial charge on any atom is 0.269 e. The molecule has 0 aliphatic heterocycles.